The highest BCUT2D eigenvalue weighted by molar-refractivity contribution is 7.89. The Morgan fingerprint density at radius 1 is 0.941 bits per heavy atom. The molecule has 0 amide bonds. The third kappa shape index (κ3) is 4.47. The van der Waals surface area contributed by atoms with Crippen molar-refractivity contribution in [2.75, 3.05) is 26.2 Å². The molecule has 2 aliphatic heterocycles. The van der Waals surface area contributed by atoms with E-state index in [0.29, 0.717) is 13.1 Å². The molecular weight excluding hydrogens is 451 g/mol. The average Bonchev–Trinajstić information content (AvgIpc) is 2.84. The molecule has 2 saturated heterocycles. The number of allylic oxidation sites excluding steroid dienone is 2. The first-order valence-corrected chi connectivity index (χ1v) is 13.8. The van der Waals surface area contributed by atoms with Crippen molar-refractivity contribution in [2.45, 2.75) is 61.4 Å². The van der Waals surface area contributed by atoms with Crippen LogP contribution in [0.3, 0.4) is 0 Å². The van der Waals surface area contributed by atoms with E-state index in [1.807, 2.05) is 0 Å². The summed E-state index contributed by atoms with van der Waals surface area (Å²) in [6.45, 7) is 1.74. The van der Waals surface area contributed by atoms with Crippen LogP contribution in [-0.2, 0) is 10.0 Å². The summed E-state index contributed by atoms with van der Waals surface area (Å²) in [5.41, 5.74) is 3.83. The molecule has 5 nitrogen and oxygen atoms in total. The number of sulfonamides is 1. The molecule has 2 aromatic rings. The Bertz CT molecular complexity index is 1130. The van der Waals surface area contributed by atoms with Gasteiger partial charge in [0.25, 0.3) is 0 Å². The zero-order valence-electron chi connectivity index (χ0n) is 19.4. The highest BCUT2D eigenvalue weighted by atomic mass is 32.2. The summed E-state index contributed by atoms with van der Waals surface area (Å²) in [7, 11) is -3.72. The van der Waals surface area contributed by atoms with Crippen molar-refractivity contribution in [3.63, 3.8) is 0 Å². The third-order valence-corrected chi connectivity index (χ3v) is 9.62. The Kier molecular flexibility index (Phi) is 6.89. The van der Waals surface area contributed by atoms with E-state index in [9.17, 15) is 17.9 Å². The molecule has 0 spiro atoms. The van der Waals surface area contributed by atoms with Crippen molar-refractivity contribution in [3.05, 3.63) is 71.6 Å². The van der Waals surface area contributed by atoms with E-state index in [1.165, 1.54) is 48.2 Å². The predicted octanol–water partition coefficient (Wildman–Crippen LogP) is 4.40. The zero-order chi connectivity index (χ0) is 23.7. The second-order valence-corrected chi connectivity index (χ2v) is 11.6. The molecule has 2 aromatic carbocycles. The number of halogens is 1. The number of hydrogen-bond acceptors (Lipinski definition) is 4. The second kappa shape index (κ2) is 9.90. The van der Waals surface area contributed by atoms with Crippen LogP contribution in [0.2, 0.25) is 0 Å². The summed E-state index contributed by atoms with van der Waals surface area (Å²) in [6.07, 6.45) is 8.73. The van der Waals surface area contributed by atoms with Crippen molar-refractivity contribution in [2.24, 2.45) is 0 Å². The van der Waals surface area contributed by atoms with Gasteiger partial charge in [-0.15, -0.1) is 0 Å². The van der Waals surface area contributed by atoms with Crippen LogP contribution in [0.4, 0.5) is 4.39 Å². The van der Waals surface area contributed by atoms with Crippen LogP contribution in [0.25, 0.3) is 5.57 Å². The summed E-state index contributed by atoms with van der Waals surface area (Å²) in [4.78, 5) is 2.40. The van der Waals surface area contributed by atoms with Crippen LogP contribution >= 0.6 is 0 Å². The number of aliphatic hydroxyl groups is 1. The van der Waals surface area contributed by atoms with Gasteiger partial charge in [-0.3, -0.25) is 4.90 Å². The lowest BCUT2D eigenvalue weighted by atomic mass is 9.74. The summed E-state index contributed by atoms with van der Waals surface area (Å²) < 4.78 is 41.7. The smallest absolute Gasteiger partial charge is 0.243 e. The van der Waals surface area contributed by atoms with E-state index in [4.69, 9.17) is 0 Å². The van der Waals surface area contributed by atoms with Gasteiger partial charge in [0.15, 0.2) is 0 Å². The molecular formula is C27H33FN2O3S. The van der Waals surface area contributed by atoms with Crippen LogP contribution < -0.4 is 0 Å². The first-order chi connectivity index (χ1) is 16.5. The van der Waals surface area contributed by atoms with E-state index in [1.54, 1.807) is 4.31 Å². The minimum absolute atomic E-state index is 0.00165. The predicted molar refractivity (Wildman–Crippen MR) is 131 cm³/mol. The van der Waals surface area contributed by atoms with Gasteiger partial charge in [-0.2, -0.15) is 4.31 Å². The van der Waals surface area contributed by atoms with Gasteiger partial charge >= 0.3 is 0 Å². The quantitative estimate of drug-likeness (QED) is 0.684. The maximum Gasteiger partial charge on any atom is 0.243 e. The normalized spacial score (nSPS) is 26.6. The Labute approximate surface area is 201 Å². The molecule has 2 fully saturated rings. The first-order valence-electron chi connectivity index (χ1n) is 12.4. The minimum Gasteiger partial charge on any atom is -0.395 e. The van der Waals surface area contributed by atoms with E-state index in [0.717, 1.165) is 37.8 Å². The van der Waals surface area contributed by atoms with Crippen LogP contribution in [0.5, 0.6) is 0 Å². The lowest BCUT2D eigenvalue weighted by Crippen LogP contribution is -2.67. The molecule has 0 bridgehead atoms. The zero-order valence-corrected chi connectivity index (χ0v) is 20.3. The van der Waals surface area contributed by atoms with Crippen molar-refractivity contribution in [1.29, 1.82) is 0 Å². The molecule has 1 N–H and O–H groups in total. The summed E-state index contributed by atoms with van der Waals surface area (Å²) in [5, 5.41) is 10.2. The van der Waals surface area contributed by atoms with E-state index in [2.05, 4.69) is 35.2 Å². The fraction of sp³-hybridized carbons (Fsp3) is 0.481. The lowest BCUT2D eigenvalue weighted by molar-refractivity contribution is -0.0553. The van der Waals surface area contributed by atoms with Crippen LogP contribution in [0.15, 0.2) is 59.5 Å². The SMILES string of the molecule is O=S(=O)(c1ccc(F)cc1)N1CCCCN2[C@H](C1)[C@H](c1ccc(C3=CCCCC3)cc1)[C@@H]2CO. The first kappa shape index (κ1) is 23.7. The molecule has 7 heteroatoms. The number of fused-ring (bicyclic) bond motifs is 1. The molecule has 3 aliphatic rings. The Hall–Kier alpha value is -2.06. The standard InChI is InChI=1S/C27H33FN2O3S/c28-23-12-14-24(15-13-23)34(32,33)29-16-4-5-17-30-25(18-29)27(26(30)19-31)22-10-8-21(9-11-22)20-6-2-1-3-7-20/h6,8-15,25-27,31H,1-5,7,16-19H2/t25-,26+,27+/m1/s1. The van der Waals surface area contributed by atoms with Gasteiger partial charge in [0.1, 0.15) is 5.82 Å². The highest BCUT2D eigenvalue weighted by Gasteiger charge is 2.50. The third-order valence-electron chi connectivity index (χ3n) is 7.74. The molecule has 182 valence electrons. The van der Waals surface area contributed by atoms with Crippen molar-refractivity contribution in [3.8, 4) is 0 Å². The van der Waals surface area contributed by atoms with Gasteiger partial charge in [-0.1, -0.05) is 30.3 Å². The highest BCUT2D eigenvalue weighted by Crippen LogP contribution is 2.43. The maximum absolute atomic E-state index is 13.4. The fourth-order valence-electron chi connectivity index (χ4n) is 5.90. The van der Waals surface area contributed by atoms with Crippen LogP contribution in [0, 0.1) is 5.82 Å². The van der Waals surface area contributed by atoms with Crippen LogP contribution in [-0.4, -0.2) is 61.1 Å². The molecule has 5 rings (SSSR count). The number of nitrogens with zero attached hydrogens (tertiary/aromatic N) is 2. The molecule has 0 saturated carbocycles. The lowest BCUT2D eigenvalue weighted by Gasteiger charge is -2.57. The molecule has 0 radical (unpaired) electrons. The topological polar surface area (TPSA) is 60.9 Å². The van der Waals surface area contributed by atoms with Gasteiger partial charge in [-0.25, -0.2) is 12.8 Å². The number of benzene rings is 2. The number of rotatable bonds is 5. The summed E-state index contributed by atoms with van der Waals surface area (Å²) in [5.74, 6) is -0.376. The fourth-order valence-corrected chi connectivity index (χ4v) is 7.40. The number of aliphatic hydroxyl groups excluding tert-OH is 1. The molecule has 0 unspecified atom stereocenters. The van der Waals surface area contributed by atoms with Gasteiger partial charge in [0, 0.05) is 31.1 Å². The van der Waals surface area contributed by atoms with Crippen LogP contribution in [0.1, 0.15) is 55.6 Å². The Balaban J connectivity index is 1.40. The molecule has 0 aromatic heterocycles. The average molecular weight is 485 g/mol. The molecule has 34 heavy (non-hydrogen) atoms. The van der Waals surface area contributed by atoms with Gasteiger partial charge in [0.05, 0.1) is 11.5 Å². The van der Waals surface area contributed by atoms with Gasteiger partial charge < -0.3 is 5.11 Å². The molecule has 3 atom stereocenters. The molecule has 2 heterocycles. The van der Waals surface area contributed by atoms with Crippen molar-refractivity contribution >= 4 is 15.6 Å². The van der Waals surface area contributed by atoms with E-state index >= 15 is 0 Å². The second-order valence-electron chi connectivity index (χ2n) is 9.70. The molecule has 1 aliphatic carbocycles. The monoisotopic (exact) mass is 484 g/mol. The van der Waals surface area contributed by atoms with Gasteiger partial charge in [-0.05, 0) is 86.0 Å². The van der Waals surface area contributed by atoms with Gasteiger partial charge in [0.2, 0.25) is 10.0 Å². The van der Waals surface area contributed by atoms with E-state index < -0.39 is 15.8 Å². The summed E-state index contributed by atoms with van der Waals surface area (Å²) in [6, 6.07) is 13.8. The largest absolute Gasteiger partial charge is 0.395 e. The summed E-state index contributed by atoms with van der Waals surface area (Å²) >= 11 is 0. The Morgan fingerprint density at radius 2 is 1.68 bits per heavy atom. The minimum atomic E-state index is -3.72. The Morgan fingerprint density at radius 3 is 2.35 bits per heavy atom. The van der Waals surface area contributed by atoms with E-state index in [-0.39, 0.29) is 29.5 Å². The van der Waals surface area contributed by atoms with Crippen molar-refractivity contribution in [1.82, 2.24) is 9.21 Å². The number of hydrogen-bond donors (Lipinski definition) is 1. The van der Waals surface area contributed by atoms with Crippen molar-refractivity contribution < 1.29 is 17.9 Å². The maximum atomic E-state index is 13.4.